The monoisotopic (exact) mass is 1310 g/mol. The van der Waals surface area contributed by atoms with Gasteiger partial charge >= 0.3 is 0 Å². The highest BCUT2D eigenvalue weighted by atomic mass is 15.6. The maximum absolute atomic E-state index is 3.87. The van der Waals surface area contributed by atoms with Gasteiger partial charge in [-0.1, -0.05) is 172 Å². The van der Waals surface area contributed by atoms with E-state index in [1.807, 2.05) is 278 Å². The molecule has 0 spiro atoms. The minimum atomic E-state index is 0.711. The first-order valence-electron chi connectivity index (χ1n) is 33.5. The molecular weight excluding hydrogens is 1170 g/mol. The Labute approximate surface area is 576 Å². The van der Waals surface area contributed by atoms with Crippen molar-refractivity contribution in [2.75, 3.05) is 0 Å². The largest absolute Gasteiger partial charge is 0.262 e. The minimum absolute atomic E-state index is 0.711. The van der Waals surface area contributed by atoms with Crippen LogP contribution in [0.5, 0.6) is 0 Å². The first kappa shape index (κ1) is 112. The summed E-state index contributed by atoms with van der Waals surface area (Å²) in [5.74, 6) is 1.53. The highest BCUT2D eigenvalue weighted by Crippen LogP contribution is 1.89. The number of aromatic nitrogens is 20. The molecule has 20 nitrogen and oxygen atoms in total. The van der Waals surface area contributed by atoms with E-state index in [1.54, 1.807) is 94.4 Å². The Morgan fingerprint density at radius 3 is 0.979 bits per heavy atom. The molecule has 0 saturated heterocycles. The van der Waals surface area contributed by atoms with Crippen molar-refractivity contribution < 1.29 is 13.7 Å². The number of aryl methyl sites for hydroxylation is 11. The van der Waals surface area contributed by atoms with Gasteiger partial charge in [-0.25, -0.2) is 48.6 Å². The second-order valence-corrected chi connectivity index (χ2v) is 14.0. The standard InChI is InChI=1S/3C7H10N.3C5H6N2.2C4H4N2.C3H6N4.C3H3N3.12C2H6/c1-7-3-5-8(2)6-4-7;1-7-4-3-5-8(2)6-7;1-7-5-3-4-6-8(7)2;1-5-2-6-4-7-3-5;1-5-2-3-6-4-7-5;1-5-6-3-2-4-7-5;1-2-6-4-3-5-1;1-2-4-6-5-3-1;1-3-4-6-7(2)5-3;1-2-5-6-3-4-1;12*1-2/h3*3-6H,1-2H3;3*2-4H,1H3;2*1-4H;1-2H3;1-3H;12*1-2H3/q3*+1;;;;;;;;;;;;;;;;;;;. The summed E-state index contributed by atoms with van der Waals surface area (Å²) >= 11 is 0. The number of tetrazole rings is 1. The van der Waals surface area contributed by atoms with E-state index in [-0.39, 0.29) is 0 Å². The van der Waals surface area contributed by atoms with Crippen LogP contribution in [-0.4, -0.2) is 85.5 Å². The average molecular weight is 1310 g/mol. The van der Waals surface area contributed by atoms with Crippen molar-refractivity contribution in [3.8, 4) is 0 Å². The predicted octanol–water partition coefficient (Wildman–Crippen LogP) is 17.5. The van der Waals surface area contributed by atoms with Gasteiger partial charge in [0.1, 0.15) is 45.9 Å². The molecule has 94 heavy (non-hydrogen) atoms. The van der Waals surface area contributed by atoms with E-state index in [0.717, 1.165) is 17.1 Å². The molecule has 10 heterocycles. The highest BCUT2D eigenvalue weighted by molar-refractivity contribution is 5.03. The zero-order valence-electron chi connectivity index (χ0n) is 65.9. The molecule has 530 valence electrons. The number of nitrogens with zero attached hydrogens (tertiary/aromatic N) is 20. The summed E-state index contributed by atoms with van der Waals surface area (Å²) in [6, 6.07) is 21.7. The Kier molecular flexibility index (Phi) is 133. The van der Waals surface area contributed by atoms with E-state index in [4.69, 9.17) is 0 Å². The molecule has 10 rings (SSSR count). The Balaban J connectivity index is -0.0000000767. The Morgan fingerprint density at radius 1 is 0.319 bits per heavy atom. The number of hydrogen-bond acceptors (Lipinski definition) is 16. The Bertz CT molecular complexity index is 2340. The van der Waals surface area contributed by atoms with Crippen molar-refractivity contribution in [1.29, 1.82) is 0 Å². The molecule has 10 aromatic rings. The summed E-state index contributed by atoms with van der Waals surface area (Å²) in [6.07, 6.45) is 36.3. The van der Waals surface area contributed by atoms with Gasteiger partial charge in [-0.2, -0.15) is 20.1 Å². The maximum Gasteiger partial charge on any atom is 0.177 e. The van der Waals surface area contributed by atoms with Crippen LogP contribution in [0.15, 0.2) is 197 Å². The van der Waals surface area contributed by atoms with Crippen LogP contribution in [0.3, 0.4) is 0 Å². The van der Waals surface area contributed by atoms with Crippen LogP contribution < -0.4 is 13.7 Å². The number of hydrogen-bond donors (Lipinski definition) is 0. The van der Waals surface area contributed by atoms with Gasteiger partial charge in [0, 0.05) is 123 Å². The lowest BCUT2D eigenvalue weighted by molar-refractivity contribution is -0.677. The van der Waals surface area contributed by atoms with Crippen molar-refractivity contribution >= 4 is 0 Å². The summed E-state index contributed by atoms with van der Waals surface area (Å²) in [5.41, 5.74) is 6.00. The van der Waals surface area contributed by atoms with Crippen molar-refractivity contribution in [2.24, 2.45) is 28.2 Å². The molecule has 10 aromatic heterocycles. The van der Waals surface area contributed by atoms with Crippen LogP contribution in [0.4, 0.5) is 0 Å². The van der Waals surface area contributed by atoms with Gasteiger partial charge in [0.2, 0.25) is 0 Å². The second-order valence-electron chi connectivity index (χ2n) is 14.0. The molecular formula is C74H137N20+3. The van der Waals surface area contributed by atoms with Crippen LogP contribution in [0.2, 0.25) is 0 Å². The van der Waals surface area contributed by atoms with E-state index in [1.165, 1.54) is 46.8 Å². The summed E-state index contributed by atoms with van der Waals surface area (Å²) in [4.78, 5) is 35.4. The molecule has 0 aliphatic carbocycles. The molecule has 0 saturated carbocycles. The average Bonchev–Trinajstić information content (AvgIpc) is 3.60. The van der Waals surface area contributed by atoms with E-state index >= 15 is 0 Å². The van der Waals surface area contributed by atoms with Crippen LogP contribution >= 0.6 is 0 Å². The Hall–Kier alpha value is -9.07. The fourth-order valence-corrected chi connectivity index (χ4v) is 4.12. The van der Waals surface area contributed by atoms with Gasteiger partial charge < -0.3 is 0 Å². The van der Waals surface area contributed by atoms with Crippen molar-refractivity contribution in [3.63, 3.8) is 0 Å². The minimum Gasteiger partial charge on any atom is -0.262 e. The zero-order chi connectivity index (χ0) is 75.3. The molecule has 0 aliphatic heterocycles. The second kappa shape index (κ2) is 112. The van der Waals surface area contributed by atoms with Gasteiger partial charge in [-0.05, 0) is 88.2 Å². The lowest BCUT2D eigenvalue weighted by Crippen LogP contribution is -2.30. The van der Waals surface area contributed by atoms with Gasteiger partial charge in [-0.15, -0.1) is 15.3 Å². The zero-order valence-corrected chi connectivity index (χ0v) is 65.9. The molecule has 0 aromatic carbocycles. The summed E-state index contributed by atoms with van der Waals surface area (Å²) in [6.45, 7) is 61.8. The molecule has 0 fully saturated rings. The molecule has 0 radical (unpaired) electrons. The van der Waals surface area contributed by atoms with Crippen LogP contribution in [0.25, 0.3) is 0 Å². The fourth-order valence-electron chi connectivity index (χ4n) is 4.12. The molecule has 0 amide bonds. The molecule has 0 atom stereocenters. The predicted molar refractivity (Wildman–Crippen MR) is 401 cm³/mol. The highest BCUT2D eigenvalue weighted by Gasteiger charge is 1.92. The smallest absolute Gasteiger partial charge is 0.177 e. The van der Waals surface area contributed by atoms with Crippen LogP contribution in [0, 0.1) is 48.5 Å². The van der Waals surface area contributed by atoms with Gasteiger partial charge in [0.15, 0.2) is 42.5 Å². The van der Waals surface area contributed by atoms with E-state index in [0.29, 0.717) is 5.82 Å². The molecule has 0 N–H and O–H groups in total. The summed E-state index contributed by atoms with van der Waals surface area (Å²) < 4.78 is 6.14. The lowest BCUT2D eigenvalue weighted by Gasteiger charge is -1.87. The van der Waals surface area contributed by atoms with Crippen molar-refractivity contribution in [2.45, 2.75) is 215 Å². The first-order chi connectivity index (χ1) is 45.8. The van der Waals surface area contributed by atoms with E-state index < -0.39 is 0 Å². The topological polar surface area (TPSA) is 223 Å². The van der Waals surface area contributed by atoms with Gasteiger partial charge in [-0.3, -0.25) is 9.97 Å². The maximum atomic E-state index is 3.87. The van der Waals surface area contributed by atoms with Crippen molar-refractivity contribution in [1.82, 2.24) is 85.5 Å². The first-order valence-corrected chi connectivity index (χ1v) is 33.5. The normalized spacial score (nSPS) is 7.31. The molecule has 0 bridgehead atoms. The molecule has 20 heteroatoms. The molecule has 0 aliphatic rings. The quantitative estimate of drug-likeness (QED) is 0.129. The lowest BCUT2D eigenvalue weighted by atomic mass is 10.3. The van der Waals surface area contributed by atoms with Crippen molar-refractivity contribution in [3.05, 3.63) is 237 Å². The van der Waals surface area contributed by atoms with E-state index in [2.05, 4.69) is 136 Å². The van der Waals surface area contributed by atoms with Gasteiger partial charge in [0.25, 0.3) is 0 Å². The third kappa shape index (κ3) is 105. The fraction of sp³-hybridized carbons (Fsp3) is 0.473. The number of rotatable bonds is 0. The SMILES string of the molecule is CC.CC.CC.CC.CC.CC.CC.CC.CC.CC.CC.CC.Cc1cc[n+](C)cc1.Cc1ccc[n+](C)c1.Cc1cccc[n+]1C.Cc1ccncn1.Cc1cncnc1.Cc1ncccn1.Cc1nnn(C)n1.c1ccnnc1.c1cnccn1.c1cnncn1. The van der Waals surface area contributed by atoms with Crippen LogP contribution in [0.1, 0.15) is 206 Å². The summed E-state index contributed by atoms with van der Waals surface area (Å²) in [5, 5.41) is 25.0. The summed E-state index contributed by atoms with van der Waals surface area (Å²) in [7, 11) is 7.81. The Morgan fingerprint density at radius 2 is 0.777 bits per heavy atom. The third-order valence-corrected chi connectivity index (χ3v) is 7.64. The van der Waals surface area contributed by atoms with Gasteiger partial charge in [0.05, 0.1) is 13.2 Å². The van der Waals surface area contributed by atoms with Crippen LogP contribution in [-0.2, 0) is 28.2 Å². The van der Waals surface area contributed by atoms with E-state index in [9.17, 15) is 0 Å². The number of pyridine rings is 3. The molecule has 0 unspecified atom stereocenters. The third-order valence-electron chi connectivity index (χ3n) is 7.64.